The average Bonchev–Trinajstić information content (AvgIpc) is 2.54. The first-order valence-corrected chi connectivity index (χ1v) is 9.09. The van der Waals surface area contributed by atoms with Crippen molar-refractivity contribution >= 4 is 29.3 Å². The molecule has 1 aromatic rings. The van der Waals surface area contributed by atoms with Gasteiger partial charge in [-0.3, -0.25) is 14.5 Å². The lowest BCUT2D eigenvalue weighted by Crippen LogP contribution is -2.40. The van der Waals surface area contributed by atoms with Crippen molar-refractivity contribution in [2.45, 2.75) is 36.3 Å². The maximum absolute atomic E-state index is 12.3. The lowest BCUT2D eigenvalue weighted by molar-refractivity contribution is -0.137. The monoisotopic (exact) mass is 372 g/mol. The minimum atomic E-state index is -2.46. The summed E-state index contributed by atoms with van der Waals surface area (Å²) in [6.45, 7) is 1.79. The van der Waals surface area contributed by atoms with Gasteiger partial charge in [-0.25, -0.2) is 0 Å². The zero-order valence-electron chi connectivity index (χ0n) is 13.8. The van der Waals surface area contributed by atoms with Crippen LogP contribution >= 0.6 is 11.8 Å². The first kappa shape index (κ1) is 19.7. The Morgan fingerprint density at radius 1 is 1.32 bits per heavy atom. The smallest absolute Gasteiger partial charge is 0.303 e. The van der Waals surface area contributed by atoms with E-state index in [1.807, 2.05) is 4.90 Å². The van der Waals surface area contributed by atoms with Crippen molar-refractivity contribution in [3.8, 4) is 0 Å². The number of hydrogen-bond acceptors (Lipinski definition) is 4. The number of piperidine rings is 1. The molecular weight excluding hydrogens is 350 g/mol. The third-order valence-electron chi connectivity index (χ3n) is 4.10. The van der Waals surface area contributed by atoms with Crippen LogP contribution in [0.25, 0.3) is 0 Å². The predicted molar refractivity (Wildman–Crippen MR) is 93.0 cm³/mol. The minimum absolute atomic E-state index is 0.159. The van der Waals surface area contributed by atoms with Crippen LogP contribution in [-0.2, 0) is 9.59 Å². The molecule has 1 aromatic carbocycles. The van der Waals surface area contributed by atoms with E-state index in [1.165, 1.54) is 0 Å². The molecule has 2 N–H and O–H groups in total. The number of amides is 1. The molecule has 25 heavy (non-hydrogen) atoms. The summed E-state index contributed by atoms with van der Waals surface area (Å²) in [5.41, 5.74) is 0.572. The van der Waals surface area contributed by atoms with Gasteiger partial charge >= 0.3 is 5.97 Å². The van der Waals surface area contributed by atoms with E-state index in [0.29, 0.717) is 34.7 Å². The zero-order chi connectivity index (χ0) is 18.2. The summed E-state index contributed by atoms with van der Waals surface area (Å²) in [5.74, 6) is -3.10. The van der Waals surface area contributed by atoms with Gasteiger partial charge in [0.05, 0.1) is 6.54 Å². The number of halogens is 2. The molecule has 1 amide bonds. The summed E-state index contributed by atoms with van der Waals surface area (Å²) >= 11 is 0.465. The van der Waals surface area contributed by atoms with E-state index < -0.39 is 11.7 Å². The molecule has 5 nitrogen and oxygen atoms in total. The highest BCUT2D eigenvalue weighted by molar-refractivity contribution is 7.99. The predicted octanol–water partition coefficient (Wildman–Crippen LogP) is 3.52. The van der Waals surface area contributed by atoms with Gasteiger partial charge in [0.25, 0.3) is 5.76 Å². The SMILES string of the molecule is O=C(O)CCC1CCCN(CC(=O)Nc2ccc(SC(F)F)cc2)C1. The van der Waals surface area contributed by atoms with Crippen molar-refractivity contribution < 1.29 is 23.5 Å². The van der Waals surface area contributed by atoms with Crippen molar-refractivity contribution in [1.29, 1.82) is 0 Å². The highest BCUT2D eigenvalue weighted by Crippen LogP contribution is 2.26. The second-order valence-corrected chi connectivity index (χ2v) is 7.19. The fourth-order valence-corrected chi connectivity index (χ4v) is 3.48. The second kappa shape index (κ2) is 9.72. The molecule has 1 atom stereocenters. The van der Waals surface area contributed by atoms with Crippen molar-refractivity contribution in [3.63, 3.8) is 0 Å². The van der Waals surface area contributed by atoms with Crippen molar-refractivity contribution in [3.05, 3.63) is 24.3 Å². The van der Waals surface area contributed by atoms with Crippen LogP contribution in [0.5, 0.6) is 0 Å². The molecule has 0 aliphatic carbocycles. The number of aliphatic carboxylic acids is 1. The molecule has 0 spiro atoms. The van der Waals surface area contributed by atoms with Gasteiger partial charge in [-0.2, -0.15) is 8.78 Å². The first-order valence-electron chi connectivity index (χ1n) is 8.21. The Bertz CT molecular complexity index is 584. The molecule has 2 rings (SSSR count). The van der Waals surface area contributed by atoms with Crippen LogP contribution in [0.3, 0.4) is 0 Å². The number of carbonyl (C=O) groups excluding carboxylic acids is 1. The van der Waals surface area contributed by atoms with Crippen LogP contribution in [0.2, 0.25) is 0 Å². The summed E-state index contributed by atoms with van der Waals surface area (Å²) in [5, 5.41) is 11.5. The number of nitrogens with one attached hydrogen (secondary N) is 1. The Labute approximate surface area is 149 Å². The van der Waals surface area contributed by atoms with Crippen LogP contribution in [0, 0.1) is 5.92 Å². The van der Waals surface area contributed by atoms with Crippen molar-refractivity contribution in [2.75, 3.05) is 25.0 Å². The van der Waals surface area contributed by atoms with E-state index in [1.54, 1.807) is 24.3 Å². The van der Waals surface area contributed by atoms with Crippen LogP contribution in [0.4, 0.5) is 14.5 Å². The lowest BCUT2D eigenvalue weighted by Gasteiger charge is -2.32. The molecule has 8 heteroatoms. The van der Waals surface area contributed by atoms with E-state index in [2.05, 4.69) is 5.32 Å². The molecule has 1 aliphatic heterocycles. The summed E-state index contributed by atoms with van der Waals surface area (Å²) in [7, 11) is 0. The van der Waals surface area contributed by atoms with E-state index in [-0.39, 0.29) is 18.9 Å². The largest absolute Gasteiger partial charge is 0.481 e. The van der Waals surface area contributed by atoms with E-state index in [9.17, 15) is 18.4 Å². The summed E-state index contributed by atoms with van der Waals surface area (Å²) in [6, 6.07) is 6.31. The first-order chi connectivity index (χ1) is 11.9. The van der Waals surface area contributed by atoms with Gasteiger partial charge < -0.3 is 10.4 Å². The Morgan fingerprint density at radius 2 is 2.04 bits per heavy atom. The molecule has 0 radical (unpaired) electrons. The van der Waals surface area contributed by atoms with Gasteiger partial charge in [-0.05, 0) is 56.0 Å². The normalized spacial score (nSPS) is 18.3. The average molecular weight is 372 g/mol. The second-order valence-electron chi connectivity index (χ2n) is 6.13. The Morgan fingerprint density at radius 3 is 2.68 bits per heavy atom. The highest BCUT2D eigenvalue weighted by Gasteiger charge is 2.22. The number of thioether (sulfide) groups is 1. The quantitative estimate of drug-likeness (QED) is 0.684. The van der Waals surface area contributed by atoms with E-state index in [4.69, 9.17) is 5.11 Å². The van der Waals surface area contributed by atoms with Gasteiger partial charge in [0, 0.05) is 23.5 Å². The zero-order valence-corrected chi connectivity index (χ0v) is 14.6. The molecule has 0 saturated carbocycles. The number of benzene rings is 1. The van der Waals surface area contributed by atoms with Gasteiger partial charge in [0.15, 0.2) is 0 Å². The van der Waals surface area contributed by atoms with Crippen LogP contribution in [0.15, 0.2) is 29.2 Å². The number of nitrogens with zero attached hydrogens (tertiary/aromatic N) is 1. The van der Waals surface area contributed by atoms with Crippen LogP contribution < -0.4 is 5.32 Å². The summed E-state index contributed by atoms with van der Waals surface area (Å²) in [6.07, 6.45) is 2.75. The van der Waals surface area contributed by atoms with Crippen LogP contribution in [0.1, 0.15) is 25.7 Å². The number of carboxylic acids is 1. The maximum Gasteiger partial charge on any atom is 0.303 e. The summed E-state index contributed by atoms with van der Waals surface area (Å²) in [4.78, 5) is 25.3. The Hall–Kier alpha value is -1.67. The summed E-state index contributed by atoms with van der Waals surface area (Å²) < 4.78 is 24.6. The fraction of sp³-hybridized carbons (Fsp3) is 0.529. The standard InChI is InChI=1S/C17H22F2N2O3S/c18-17(19)25-14-6-4-13(5-7-14)20-15(22)11-21-9-1-2-12(10-21)3-8-16(23)24/h4-7,12,17H,1-3,8-11H2,(H,20,22)(H,23,24). The lowest BCUT2D eigenvalue weighted by atomic mass is 9.93. The molecule has 0 bridgehead atoms. The molecule has 1 fully saturated rings. The van der Waals surface area contributed by atoms with E-state index in [0.717, 1.165) is 25.9 Å². The molecule has 1 heterocycles. The number of anilines is 1. The topological polar surface area (TPSA) is 69.6 Å². The van der Waals surface area contributed by atoms with E-state index >= 15 is 0 Å². The number of hydrogen-bond donors (Lipinski definition) is 2. The Balaban J connectivity index is 1.78. The van der Waals surface area contributed by atoms with Gasteiger partial charge in [0.2, 0.25) is 5.91 Å². The number of carboxylic acid groups (broad SMARTS) is 1. The van der Waals surface area contributed by atoms with Gasteiger partial charge in [0.1, 0.15) is 0 Å². The minimum Gasteiger partial charge on any atom is -0.481 e. The third kappa shape index (κ3) is 7.39. The third-order valence-corrected chi connectivity index (χ3v) is 4.82. The molecule has 1 unspecified atom stereocenters. The number of likely N-dealkylation sites (tertiary alicyclic amines) is 1. The maximum atomic E-state index is 12.3. The van der Waals surface area contributed by atoms with Crippen LogP contribution in [-0.4, -0.2) is 47.3 Å². The highest BCUT2D eigenvalue weighted by atomic mass is 32.2. The molecule has 0 aromatic heterocycles. The number of rotatable bonds is 8. The molecule has 1 saturated heterocycles. The molecule has 1 aliphatic rings. The Kier molecular flexibility index (Phi) is 7.64. The molecule has 138 valence electrons. The van der Waals surface area contributed by atoms with Crippen molar-refractivity contribution in [2.24, 2.45) is 5.92 Å². The van der Waals surface area contributed by atoms with Crippen molar-refractivity contribution in [1.82, 2.24) is 4.90 Å². The fourth-order valence-electron chi connectivity index (χ4n) is 2.98. The molecular formula is C17H22F2N2O3S. The van der Waals surface area contributed by atoms with Gasteiger partial charge in [-0.15, -0.1) is 0 Å². The number of alkyl halides is 2. The number of carbonyl (C=O) groups is 2. The van der Waals surface area contributed by atoms with Gasteiger partial charge in [-0.1, -0.05) is 11.8 Å².